The molecule has 1 fully saturated rings. The lowest BCUT2D eigenvalue weighted by atomic mass is 10.0. The lowest BCUT2D eigenvalue weighted by Crippen LogP contribution is -2.38. The van der Waals surface area contributed by atoms with Gasteiger partial charge in [-0.15, -0.1) is 0 Å². The zero-order valence-electron chi connectivity index (χ0n) is 9.94. The van der Waals surface area contributed by atoms with Crippen LogP contribution in [0.15, 0.2) is 18.3 Å². The highest BCUT2D eigenvalue weighted by atomic mass is 16.5. The van der Waals surface area contributed by atoms with E-state index in [9.17, 15) is 15.0 Å². The van der Waals surface area contributed by atoms with E-state index < -0.39 is 18.2 Å². The number of pyridine rings is 1. The van der Waals surface area contributed by atoms with Gasteiger partial charge < -0.3 is 19.7 Å². The molecule has 2 rings (SSSR count). The van der Waals surface area contributed by atoms with Gasteiger partial charge in [0.2, 0.25) is 0 Å². The number of aliphatic hydroxyl groups excluding tert-OH is 2. The molecule has 0 bridgehead atoms. The summed E-state index contributed by atoms with van der Waals surface area (Å²) >= 11 is 0. The normalized spacial score (nSPS) is 27.8. The predicted octanol–water partition coefficient (Wildman–Crippen LogP) is 0.0514. The highest BCUT2D eigenvalue weighted by Crippen LogP contribution is 2.27. The van der Waals surface area contributed by atoms with Gasteiger partial charge in [0, 0.05) is 12.6 Å². The summed E-state index contributed by atoms with van der Waals surface area (Å²) in [6, 6.07) is 3.25. The fraction of sp³-hybridized carbons (Fsp3) is 0.500. The van der Waals surface area contributed by atoms with Crippen LogP contribution in [0.2, 0.25) is 0 Å². The number of carbonyl (C=O) groups excluding carboxylic acids is 1. The number of nitrogens with zero attached hydrogens (tertiary/aromatic N) is 1. The lowest BCUT2D eigenvalue weighted by molar-refractivity contribution is -0.123. The van der Waals surface area contributed by atoms with Crippen LogP contribution in [-0.2, 0) is 9.47 Å². The molecule has 3 atom stereocenters. The smallest absolute Gasteiger partial charge is 0.339 e. The number of esters is 1. The Balaban J connectivity index is 2.08. The SMILES string of the molecule is COC(=O)c1ccc([C@@H]2C[C@H](O)[C@H](O)CO2)nc1. The van der Waals surface area contributed by atoms with Crippen molar-refractivity contribution in [2.75, 3.05) is 13.7 Å². The summed E-state index contributed by atoms with van der Waals surface area (Å²) in [6.07, 6.45) is -0.343. The number of rotatable bonds is 2. The van der Waals surface area contributed by atoms with Crippen LogP contribution < -0.4 is 0 Å². The van der Waals surface area contributed by atoms with Crippen LogP contribution in [-0.4, -0.2) is 47.1 Å². The van der Waals surface area contributed by atoms with Crippen LogP contribution in [0.1, 0.15) is 28.6 Å². The topological polar surface area (TPSA) is 88.9 Å². The second-order valence-electron chi connectivity index (χ2n) is 4.16. The first-order valence-electron chi connectivity index (χ1n) is 5.64. The van der Waals surface area contributed by atoms with Crippen molar-refractivity contribution in [2.24, 2.45) is 0 Å². The monoisotopic (exact) mass is 253 g/mol. The van der Waals surface area contributed by atoms with E-state index in [4.69, 9.17) is 4.74 Å². The summed E-state index contributed by atoms with van der Waals surface area (Å²) in [5.74, 6) is -0.450. The zero-order chi connectivity index (χ0) is 13.1. The third-order valence-electron chi connectivity index (χ3n) is 2.91. The Kier molecular flexibility index (Phi) is 3.90. The number of ether oxygens (including phenoxy) is 2. The molecule has 1 aromatic heterocycles. The van der Waals surface area contributed by atoms with Crippen molar-refractivity contribution in [3.8, 4) is 0 Å². The van der Waals surface area contributed by atoms with E-state index in [1.165, 1.54) is 13.3 Å². The van der Waals surface area contributed by atoms with E-state index in [2.05, 4.69) is 9.72 Å². The van der Waals surface area contributed by atoms with Crippen molar-refractivity contribution in [3.05, 3.63) is 29.6 Å². The molecule has 1 aliphatic heterocycles. The van der Waals surface area contributed by atoms with Gasteiger partial charge in [-0.3, -0.25) is 4.98 Å². The van der Waals surface area contributed by atoms with E-state index in [-0.39, 0.29) is 19.1 Å². The molecule has 0 amide bonds. The molecule has 98 valence electrons. The number of aliphatic hydroxyl groups is 2. The second kappa shape index (κ2) is 5.43. The molecule has 0 radical (unpaired) electrons. The molecule has 2 heterocycles. The Morgan fingerprint density at radius 2 is 2.22 bits per heavy atom. The highest BCUT2D eigenvalue weighted by molar-refractivity contribution is 5.88. The van der Waals surface area contributed by atoms with Crippen LogP contribution >= 0.6 is 0 Å². The van der Waals surface area contributed by atoms with Crippen molar-refractivity contribution < 1.29 is 24.5 Å². The molecule has 18 heavy (non-hydrogen) atoms. The minimum absolute atomic E-state index is 0.0757. The molecule has 2 N–H and O–H groups in total. The molecule has 6 nitrogen and oxygen atoms in total. The Bertz CT molecular complexity index is 419. The van der Waals surface area contributed by atoms with Gasteiger partial charge in [0.05, 0.1) is 31.1 Å². The standard InChI is InChI=1S/C12H15NO5/c1-17-12(16)7-2-3-8(13-5-7)11-4-9(14)10(15)6-18-11/h2-3,5,9-11,14-15H,4,6H2,1H3/t9-,10+,11-/m0/s1. The zero-order valence-corrected chi connectivity index (χ0v) is 9.94. The number of aromatic nitrogens is 1. The van der Waals surface area contributed by atoms with E-state index in [0.29, 0.717) is 11.3 Å². The lowest BCUT2D eigenvalue weighted by Gasteiger charge is -2.30. The summed E-state index contributed by atoms with van der Waals surface area (Å²) < 4.78 is 9.95. The van der Waals surface area contributed by atoms with Gasteiger partial charge in [-0.25, -0.2) is 4.79 Å². The number of methoxy groups -OCH3 is 1. The fourth-order valence-corrected chi connectivity index (χ4v) is 1.81. The number of hydrogen-bond acceptors (Lipinski definition) is 6. The summed E-state index contributed by atoms with van der Waals surface area (Å²) in [5.41, 5.74) is 0.978. The van der Waals surface area contributed by atoms with Crippen LogP contribution in [0.25, 0.3) is 0 Å². The summed E-state index contributed by atoms with van der Waals surface area (Å²) in [5, 5.41) is 18.9. The fourth-order valence-electron chi connectivity index (χ4n) is 1.81. The number of carbonyl (C=O) groups is 1. The molecule has 0 aliphatic carbocycles. The average Bonchev–Trinajstić information content (AvgIpc) is 2.41. The predicted molar refractivity (Wildman–Crippen MR) is 60.9 cm³/mol. The molecule has 1 saturated heterocycles. The van der Waals surface area contributed by atoms with E-state index in [0.717, 1.165) is 0 Å². The van der Waals surface area contributed by atoms with Gasteiger partial charge in [0.15, 0.2) is 0 Å². The summed E-state index contributed by atoms with van der Waals surface area (Å²) in [4.78, 5) is 15.3. The van der Waals surface area contributed by atoms with Gasteiger partial charge in [0.1, 0.15) is 12.2 Å². The minimum atomic E-state index is -0.851. The Hall–Kier alpha value is -1.50. The molecule has 0 saturated carbocycles. The third-order valence-corrected chi connectivity index (χ3v) is 2.91. The Morgan fingerprint density at radius 3 is 2.78 bits per heavy atom. The maximum Gasteiger partial charge on any atom is 0.339 e. The average molecular weight is 253 g/mol. The maximum atomic E-state index is 11.2. The van der Waals surface area contributed by atoms with Gasteiger partial charge in [-0.1, -0.05) is 0 Å². The van der Waals surface area contributed by atoms with Gasteiger partial charge in [-0.05, 0) is 12.1 Å². The van der Waals surface area contributed by atoms with E-state index in [1.807, 2.05) is 0 Å². The summed E-state index contributed by atoms with van der Waals surface area (Å²) in [7, 11) is 1.30. The Labute approximate surface area is 104 Å². The van der Waals surface area contributed by atoms with Gasteiger partial charge in [-0.2, -0.15) is 0 Å². The first kappa shape index (κ1) is 12.9. The largest absolute Gasteiger partial charge is 0.465 e. The maximum absolute atomic E-state index is 11.2. The minimum Gasteiger partial charge on any atom is -0.465 e. The van der Waals surface area contributed by atoms with Crippen LogP contribution in [0.4, 0.5) is 0 Å². The highest BCUT2D eigenvalue weighted by Gasteiger charge is 2.29. The van der Waals surface area contributed by atoms with Crippen molar-refractivity contribution in [3.63, 3.8) is 0 Å². The molecule has 6 heteroatoms. The quantitative estimate of drug-likeness (QED) is 0.724. The molecule has 0 spiro atoms. The number of hydrogen-bond donors (Lipinski definition) is 2. The molecule has 1 aromatic rings. The van der Waals surface area contributed by atoms with E-state index >= 15 is 0 Å². The van der Waals surface area contributed by atoms with Gasteiger partial charge >= 0.3 is 5.97 Å². The molecule has 1 aliphatic rings. The molecular formula is C12H15NO5. The summed E-state index contributed by atoms with van der Waals surface area (Å²) in [6.45, 7) is 0.0757. The third kappa shape index (κ3) is 2.66. The Morgan fingerprint density at radius 1 is 1.44 bits per heavy atom. The van der Waals surface area contributed by atoms with Crippen LogP contribution in [0.3, 0.4) is 0 Å². The molecular weight excluding hydrogens is 238 g/mol. The van der Waals surface area contributed by atoms with Crippen LogP contribution in [0, 0.1) is 0 Å². The second-order valence-corrected chi connectivity index (χ2v) is 4.16. The van der Waals surface area contributed by atoms with Gasteiger partial charge in [0.25, 0.3) is 0 Å². The van der Waals surface area contributed by atoms with Crippen molar-refractivity contribution in [2.45, 2.75) is 24.7 Å². The first-order valence-corrected chi connectivity index (χ1v) is 5.64. The van der Waals surface area contributed by atoms with E-state index in [1.54, 1.807) is 12.1 Å². The van der Waals surface area contributed by atoms with Crippen molar-refractivity contribution in [1.82, 2.24) is 4.98 Å². The first-order chi connectivity index (χ1) is 8.61. The molecule has 0 aromatic carbocycles. The van der Waals surface area contributed by atoms with Crippen molar-refractivity contribution >= 4 is 5.97 Å². The van der Waals surface area contributed by atoms with Crippen molar-refractivity contribution in [1.29, 1.82) is 0 Å². The van der Waals surface area contributed by atoms with Crippen LogP contribution in [0.5, 0.6) is 0 Å². The molecule has 0 unspecified atom stereocenters.